The third kappa shape index (κ3) is 4.97. The zero-order valence-electron chi connectivity index (χ0n) is 18.1. The molecule has 1 aliphatic heterocycles. The number of piperidine rings is 1. The molecule has 2 aliphatic rings. The zero-order chi connectivity index (χ0) is 21.8. The second-order valence-corrected chi connectivity index (χ2v) is 8.99. The summed E-state index contributed by atoms with van der Waals surface area (Å²) in [7, 11) is 0. The SMILES string of the molecule is Cc1cccc([C@@H]2CC[C@@H](C(=O)NCc3ccccc3F)CN2C(=O)C2CCCC2)c1. The van der Waals surface area contributed by atoms with Gasteiger partial charge in [0.05, 0.1) is 12.0 Å². The number of nitrogens with one attached hydrogen (secondary N) is 1. The summed E-state index contributed by atoms with van der Waals surface area (Å²) >= 11 is 0. The van der Waals surface area contributed by atoms with Gasteiger partial charge in [0.2, 0.25) is 11.8 Å². The van der Waals surface area contributed by atoms with Gasteiger partial charge in [-0.15, -0.1) is 0 Å². The lowest BCUT2D eigenvalue weighted by atomic mass is 9.86. The summed E-state index contributed by atoms with van der Waals surface area (Å²) < 4.78 is 13.9. The van der Waals surface area contributed by atoms with Crippen LogP contribution in [0, 0.1) is 24.6 Å². The third-order valence-electron chi connectivity index (χ3n) is 6.78. The van der Waals surface area contributed by atoms with E-state index in [4.69, 9.17) is 0 Å². The fraction of sp³-hybridized carbons (Fsp3) is 0.462. The van der Waals surface area contributed by atoms with Crippen molar-refractivity contribution in [3.63, 3.8) is 0 Å². The molecule has 31 heavy (non-hydrogen) atoms. The van der Waals surface area contributed by atoms with Crippen molar-refractivity contribution in [1.82, 2.24) is 10.2 Å². The molecule has 0 bridgehead atoms. The van der Waals surface area contributed by atoms with Crippen LogP contribution in [0.2, 0.25) is 0 Å². The highest BCUT2D eigenvalue weighted by Gasteiger charge is 2.38. The van der Waals surface area contributed by atoms with Gasteiger partial charge < -0.3 is 10.2 Å². The van der Waals surface area contributed by atoms with Crippen molar-refractivity contribution in [1.29, 1.82) is 0 Å². The van der Waals surface area contributed by atoms with Gasteiger partial charge in [0.15, 0.2) is 0 Å². The highest BCUT2D eigenvalue weighted by Crippen LogP contribution is 2.37. The van der Waals surface area contributed by atoms with Gasteiger partial charge >= 0.3 is 0 Å². The van der Waals surface area contributed by atoms with Crippen molar-refractivity contribution in [2.45, 2.75) is 58.0 Å². The number of benzene rings is 2. The quantitative estimate of drug-likeness (QED) is 0.744. The Morgan fingerprint density at radius 2 is 1.77 bits per heavy atom. The Morgan fingerprint density at radius 3 is 2.52 bits per heavy atom. The summed E-state index contributed by atoms with van der Waals surface area (Å²) in [6.07, 6.45) is 5.58. The van der Waals surface area contributed by atoms with E-state index in [0.29, 0.717) is 12.1 Å². The van der Waals surface area contributed by atoms with Crippen molar-refractivity contribution >= 4 is 11.8 Å². The maximum Gasteiger partial charge on any atom is 0.226 e. The summed E-state index contributed by atoms with van der Waals surface area (Å²) in [6.45, 7) is 2.66. The smallest absolute Gasteiger partial charge is 0.226 e. The van der Waals surface area contributed by atoms with Gasteiger partial charge in [-0.25, -0.2) is 4.39 Å². The molecular weight excluding hydrogens is 391 g/mol. The van der Waals surface area contributed by atoms with Crippen LogP contribution in [-0.4, -0.2) is 23.3 Å². The first-order valence-corrected chi connectivity index (χ1v) is 11.4. The molecule has 2 aromatic rings. The summed E-state index contributed by atoms with van der Waals surface area (Å²) in [6, 6.07) is 14.8. The molecule has 0 aromatic heterocycles. The first kappa shape index (κ1) is 21.5. The molecule has 4 rings (SSSR count). The average molecular weight is 423 g/mol. The number of hydrogen-bond acceptors (Lipinski definition) is 2. The Hall–Kier alpha value is -2.69. The van der Waals surface area contributed by atoms with E-state index in [1.165, 1.54) is 11.6 Å². The highest BCUT2D eigenvalue weighted by atomic mass is 19.1. The Labute approximate surface area is 183 Å². The van der Waals surface area contributed by atoms with Gasteiger partial charge in [-0.2, -0.15) is 0 Å². The van der Waals surface area contributed by atoms with Gasteiger partial charge in [0.25, 0.3) is 0 Å². The van der Waals surface area contributed by atoms with Gasteiger partial charge in [-0.05, 0) is 44.2 Å². The maximum atomic E-state index is 13.9. The van der Waals surface area contributed by atoms with Crippen molar-refractivity contribution in [3.05, 3.63) is 71.0 Å². The molecule has 1 heterocycles. The number of rotatable bonds is 5. The minimum absolute atomic E-state index is 0.0172. The normalized spacial score (nSPS) is 21.8. The van der Waals surface area contributed by atoms with Gasteiger partial charge in [0, 0.05) is 24.6 Å². The molecule has 2 amide bonds. The number of likely N-dealkylation sites (tertiary alicyclic amines) is 1. The lowest BCUT2D eigenvalue weighted by Crippen LogP contribution is -2.48. The van der Waals surface area contributed by atoms with Crippen molar-refractivity contribution in [3.8, 4) is 0 Å². The predicted molar refractivity (Wildman–Crippen MR) is 119 cm³/mol. The number of carbonyl (C=O) groups excluding carboxylic acids is 2. The Morgan fingerprint density at radius 1 is 1.00 bits per heavy atom. The highest BCUT2D eigenvalue weighted by molar-refractivity contribution is 5.83. The number of hydrogen-bond donors (Lipinski definition) is 1. The summed E-state index contributed by atoms with van der Waals surface area (Å²) in [4.78, 5) is 28.3. The Kier molecular flexibility index (Phi) is 6.69. The van der Waals surface area contributed by atoms with Crippen LogP contribution < -0.4 is 5.32 Å². The van der Waals surface area contributed by atoms with E-state index in [1.54, 1.807) is 18.2 Å². The van der Waals surface area contributed by atoms with Crippen molar-refractivity contribution < 1.29 is 14.0 Å². The number of amides is 2. The summed E-state index contributed by atoms with van der Waals surface area (Å²) in [5.74, 6) is -0.416. The van der Waals surface area contributed by atoms with Crippen LogP contribution in [0.4, 0.5) is 4.39 Å². The molecular formula is C26H31FN2O2. The number of carbonyl (C=O) groups is 2. The van der Waals surface area contributed by atoms with E-state index in [2.05, 4.69) is 30.4 Å². The van der Waals surface area contributed by atoms with Crippen LogP contribution in [-0.2, 0) is 16.1 Å². The molecule has 1 N–H and O–H groups in total. The second-order valence-electron chi connectivity index (χ2n) is 8.99. The molecule has 2 aromatic carbocycles. The Bertz CT molecular complexity index is 939. The number of nitrogens with zero attached hydrogens (tertiary/aromatic N) is 1. The number of aryl methyl sites for hydroxylation is 1. The molecule has 164 valence electrons. The van der Waals surface area contributed by atoms with E-state index in [-0.39, 0.29) is 42.1 Å². The van der Waals surface area contributed by atoms with Gasteiger partial charge in [-0.3, -0.25) is 9.59 Å². The van der Waals surface area contributed by atoms with E-state index in [9.17, 15) is 14.0 Å². The average Bonchev–Trinajstić information content (AvgIpc) is 3.32. The number of halogens is 1. The standard InChI is InChI=1S/C26H31FN2O2/c1-18-7-6-11-20(15-18)24-14-13-22(17-29(24)26(31)19-8-2-3-9-19)25(30)28-16-21-10-4-5-12-23(21)27/h4-7,10-12,15,19,22,24H,2-3,8-9,13-14,16-17H2,1H3,(H,28,30)/t22-,24+/m1/s1. The molecule has 4 nitrogen and oxygen atoms in total. The maximum absolute atomic E-state index is 13.9. The van der Waals surface area contributed by atoms with E-state index in [0.717, 1.165) is 44.1 Å². The van der Waals surface area contributed by atoms with Gasteiger partial charge in [-0.1, -0.05) is 60.9 Å². The summed E-state index contributed by atoms with van der Waals surface area (Å²) in [5, 5.41) is 2.89. The van der Waals surface area contributed by atoms with E-state index < -0.39 is 0 Å². The molecule has 0 spiro atoms. The first-order chi connectivity index (χ1) is 15.0. The van der Waals surface area contributed by atoms with Crippen molar-refractivity contribution in [2.24, 2.45) is 11.8 Å². The minimum atomic E-state index is -0.316. The monoisotopic (exact) mass is 422 g/mol. The molecule has 0 unspecified atom stereocenters. The fourth-order valence-corrected chi connectivity index (χ4v) is 5.03. The largest absolute Gasteiger partial charge is 0.352 e. The third-order valence-corrected chi connectivity index (χ3v) is 6.78. The van der Waals surface area contributed by atoms with Crippen LogP contribution in [0.3, 0.4) is 0 Å². The predicted octanol–water partition coefficient (Wildman–Crippen LogP) is 4.92. The zero-order valence-corrected chi connectivity index (χ0v) is 18.1. The molecule has 1 aliphatic carbocycles. The first-order valence-electron chi connectivity index (χ1n) is 11.4. The van der Waals surface area contributed by atoms with Crippen LogP contribution >= 0.6 is 0 Å². The van der Waals surface area contributed by atoms with E-state index >= 15 is 0 Å². The molecule has 1 saturated heterocycles. The lowest BCUT2D eigenvalue weighted by Gasteiger charge is -2.41. The van der Waals surface area contributed by atoms with Crippen LogP contribution in [0.25, 0.3) is 0 Å². The minimum Gasteiger partial charge on any atom is -0.352 e. The van der Waals surface area contributed by atoms with Crippen LogP contribution in [0.5, 0.6) is 0 Å². The molecule has 0 radical (unpaired) electrons. The van der Waals surface area contributed by atoms with Gasteiger partial charge in [0.1, 0.15) is 5.82 Å². The molecule has 2 fully saturated rings. The van der Waals surface area contributed by atoms with Crippen molar-refractivity contribution in [2.75, 3.05) is 6.54 Å². The topological polar surface area (TPSA) is 49.4 Å². The summed E-state index contributed by atoms with van der Waals surface area (Å²) in [5.41, 5.74) is 2.80. The molecule has 5 heteroatoms. The Balaban J connectivity index is 1.48. The van der Waals surface area contributed by atoms with Crippen LogP contribution in [0.15, 0.2) is 48.5 Å². The fourth-order valence-electron chi connectivity index (χ4n) is 5.03. The van der Waals surface area contributed by atoms with E-state index in [1.807, 2.05) is 11.0 Å². The second kappa shape index (κ2) is 9.63. The lowest BCUT2D eigenvalue weighted by molar-refractivity contribution is -0.142. The molecule has 1 saturated carbocycles. The molecule has 2 atom stereocenters. The van der Waals surface area contributed by atoms with Crippen LogP contribution in [0.1, 0.15) is 61.3 Å².